The van der Waals surface area contributed by atoms with E-state index in [0.717, 1.165) is 5.56 Å². The lowest BCUT2D eigenvalue weighted by atomic mass is 9.97. The van der Waals surface area contributed by atoms with Gasteiger partial charge in [0.25, 0.3) is 0 Å². The fourth-order valence-electron chi connectivity index (χ4n) is 1.53. The van der Waals surface area contributed by atoms with Gasteiger partial charge in [0.1, 0.15) is 5.67 Å². The summed E-state index contributed by atoms with van der Waals surface area (Å²) in [5, 5.41) is 12.7. The average Bonchev–Trinajstić information content (AvgIpc) is 2.16. The number of aliphatic hydroxyl groups is 1. The van der Waals surface area contributed by atoms with Crippen molar-refractivity contribution in [3.05, 3.63) is 33.8 Å². The van der Waals surface area contributed by atoms with Gasteiger partial charge >= 0.3 is 0 Å². The molecule has 0 fully saturated rings. The largest absolute Gasteiger partial charge is 0.387 e. The van der Waals surface area contributed by atoms with E-state index in [4.69, 9.17) is 0 Å². The van der Waals surface area contributed by atoms with Crippen LogP contribution in [0, 0.1) is 0 Å². The number of likely N-dealkylation sites (N-methyl/N-ethyl adjacent to an activating group) is 1. The number of rotatable bonds is 4. The molecule has 90 valence electrons. The van der Waals surface area contributed by atoms with Gasteiger partial charge in [0.2, 0.25) is 0 Å². The van der Waals surface area contributed by atoms with Crippen LogP contribution in [0.2, 0.25) is 0 Å². The highest BCUT2D eigenvalue weighted by molar-refractivity contribution is 9.10. The lowest BCUT2D eigenvalue weighted by molar-refractivity contribution is 0.177. The van der Waals surface area contributed by atoms with Gasteiger partial charge in [0.15, 0.2) is 0 Å². The number of alkyl halides is 1. The molecule has 0 amide bonds. The van der Waals surface area contributed by atoms with Gasteiger partial charge in [0.05, 0.1) is 6.10 Å². The minimum Gasteiger partial charge on any atom is -0.387 e. The Kier molecular flexibility index (Phi) is 4.47. The van der Waals surface area contributed by atoms with Crippen LogP contribution in [-0.2, 0) is 5.67 Å². The zero-order valence-electron chi connectivity index (χ0n) is 9.72. The summed E-state index contributed by atoms with van der Waals surface area (Å²) < 4.78 is 14.4. The molecule has 2 N–H and O–H groups in total. The van der Waals surface area contributed by atoms with Crippen LogP contribution in [-0.4, -0.2) is 18.7 Å². The summed E-state index contributed by atoms with van der Waals surface area (Å²) in [6, 6.07) is 5.22. The third-order valence-corrected chi connectivity index (χ3v) is 3.07. The summed E-state index contributed by atoms with van der Waals surface area (Å²) in [6.07, 6.45) is -0.571. The average molecular weight is 290 g/mol. The Morgan fingerprint density at radius 1 is 1.50 bits per heavy atom. The van der Waals surface area contributed by atoms with Crippen molar-refractivity contribution >= 4 is 15.9 Å². The van der Waals surface area contributed by atoms with Crippen LogP contribution in [0.3, 0.4) is 0 Å². The van der Waals surface area contributed by atoms with Crippen molar-refractivity contribution in [2.24, 2.45) is 0 Å². The number of nitrogens with one attached hydrogen (secondary N) is 1. The second-order valence-electron chi connectivity index (χ2n) is 4.29. The molecule has 0 radical (unpaired) electrons. The Hall–Kier alpha value is -0.450. The molecular weight excluding hydrogens is 273 g/mol. The van der Waals surface area contributed by atoms with Crippen LogP contribution in [0.1, 0.15) is 31.1 Å². The fraction of sp³-hybridized carbons (Fsp3) is 0.500. The molecule has 4 heteroatoms. The molecule has 0 aliphatic carbocycles. The Morgan fingerprint density at radius 3 is 2.56 bits per heavy atom. The van der Waals surface area contributed by atoms with Gasteiger partial charge in [-0.2, -0.15) is 0 Å². The summed E-state index contributed by atoms with van der Waals surface area (Å²) in [5.41, 5.74) is -0.0205. The number of hydrogen-bond acceptors (Lipinski definition) is 2. The zero-order chi connectivity index (χ0) is 12.3. The van der Waals surface area contributed by atoms with E-state index in [0.29, 0.717) is 16.6 Å². The van der Waals surface area contributed by atoms with Crippen molar-refractivity contribution in [1.29, 1.82) is 0 Å². The lowest BCUT2D eigenvalue weighted by Crippen LogP contribution is -2.17. The summed E-state index contributed by atoms with van der Waals surface area (Å²) >= 11 is 3.33. The number of halogens is 2. The van der Waals surface area contributed by atoms with Crippen LogP contribution >= 0.6 is 15.9 Å². The minimum absolute atomic E-state index is 0.477. The molecule has 0 saturated heterocycles. The second kappa shape index (κ2) is 5.25. The summed E-state index contributed by atoms with van der Waals surface area (Å²) in [6.45, 7) is 3.50. The van der Waals surface area contributed by atoms with E-state index in [-0.39, 0.29) is 0 Å². The molecular formula is C12H17BrFNO. The van der Waals surface area contributed by atoms with Crippen molar-refractivity contribution < 1.29 is 9.50 Å². The molecule has 0 bridgehead atoms. The van der Waals surface area contributed by atoms with E-state index in [1.54, 1.807) is 25.2 Å². The number of aliphatic hydroxyl groups excluding tert-OH is 1. The first-order valence-corrected chi connectivity index (χ1v) is 5.97. The maximum absolute atomic E-state index is 13.8. The highest BCUT2D eigenvalue weighted by atomic mass is 79.9. The molecule has 1 aromatic rings. The predicted molar refractivity (Wildman–Crippen MR) is 67.2 cm³/mol. The Labute approximate surface area is 104 Å². The summed E-state index contributed by atoms with van der Waals surface area (Å²) in [7, 11) is 1.78. The molecule has 0 aliphatic rings. The second-order valence-corrected chi connectivity index (χ2v) is 5.14. The molecule has 2 nitrogen and oxygen atoms in total. The van der Waals surface area contributed by atoms with Gasteiger partial charge in [-0.25, -0.2) is 4.39 Å². The lowest BCUT2D eigenvalue weighted by Gasteiger charge is -2.18. The van der Waals surface area contributed by atoms with Crippen LogP contribution in [0.25, 0.3) is 0 Å². The van der Waals surface area contributed by atoms with Crippen LogP contribution in [0.4, 0.5) is 4.39 Å². The van der Waals surface area contributed by atoms with E-state index in [2.05, 4.69) is 21.2 Å². The Balaban J connectivity index is 3.00. The molecule has 0 heterocycles. The SMILES string of the molecule is CNCC(O)c1ccc(C(C)(C)F)c(Br)c1. The first-order valence-electron chi connectivity index (χ1n) is 5.17. The molecule has 1 rings (SSSR count). The third kappa shape index (κ3) is 3.27. The number of benzene rings is 1. The topological polar surface area (TPSA) is 32.3 Å². The predicted octanol–water partition coefficient (Wildman–Crippen LogP) is 2.91. The van der Waals surface area contributed by atoms with E-state index < -0.39 is 11.8 Å². The maximum atomic E-state index is 13.8. The van der Waals surface area contributed by atoms with Crippen LogP contribution in [0.5, 0.6) is 0 Å². The first kappa shape index (κ1) is 13.6. The van der Waals surface area contributed by atoms with Gasteiger partial charge < -0.3 is 10.4 Å². The molecule has 0 saturated carbocycles. The maximum Gasteiger partial charge on any atom is 0.131 e. The molecule has 0 aliphatic heterocycles. The monoisotopic (exact) mass is 289 g/mol. The Morgan fingerprint density at radius 2 is 2.12 bits per heavy atom. The van der Waals surface area contributed by atoms with Crippen molar-refractivity contribution in [2.75, 3.05) is 13.6 Å². The van der Waals surface area contributed by atoms with Gasteiger partial charge in [0, 0.05) is 16.6 Å². The molecule has 1 atom stereocenters. The molecule has 16 heavy (non-hydrogen) atoms. The normalized spacial score (nSPS) is 13.9. The molecule has 1 unspecified atom stereocenters. The van der Waals surface area contributed by atoms with Crippen LogP contribution < -0.4 is 5.32 Å². The summed E-state index contributed by atoms with van der Waals surface area (Å²) in [5.74, 6) is 0. The first-order chi connectivity index (χ1) is 7.36. The fourth-order valence-corrected chi connectivity index (χ4v) is 2.40. The van der Waals surface area contributed by atoms with Crippen LogP contribution in [0.15, 0.2) is 22.7 Å². The van der Waals surface area contributed by atoms with E-state index in [1.165, 1.54) is 13.8 Å². The van der Waals surface area contributed by atoms with Crippen molar-refractivity contribution in [3.63, 3.8) is 0 Å². The van der Waals surface area contributed by atoms with E-state index in [1.807, 2.05) is 0 Å². The van der Waals surface area contributed by atoms with Crippen molar-refractivity contribution in [1.82, 2.24) is 5.32 Å². The van der Waals surface area contributed by atoms with Gasteiger partial charge in [-0.1, -0.05) is 28.1 Å². The smallest absolute Gasteiger partial charge is 0.131 e. The van der Waals surface area contributed by atoms with Gasteiger partial charge in [-0.05, 0) is 32.5 Å². The number of hydrogen-bond donors (Lipinski definition) is 2. The minimum atomic E-state index is -1.38. The van der Waals surface area contributed by atoms with E-state index >= 15 is 0 Å². The van der Waals surface area contributed by atoms with Crippen molar-refractivity contribution in [3.8, 4) is 0 Å². The van der Waals surface area contributed by atoms with Gasteiger partial charge in [-0.15, -0.1) is 0 Å². The molecule has 0 spiro atoms. The standard InChI is InChI=1S/C12H17BrFNO/c1-12(2,14)9-5-4-8(6-10(9)13)11(16)7-15-3/h4-6,11,15-16H,7H2,1-3H3. The quantitative estimate of drug-likeness (QED) is 0.893. The molecule has 0 aromatic heterocycles. The Bertz CT molecular complexity index is 363. The highest BCUT2D eigenvalue weighted by Gasteiger charge is 2.22. The van der Waals surface area contributed by atoms with E-state index in [9.17, 15) is 9.50 Å². The highest BCUT2D eigenvalue weighted by Crippen LogP contribution is 2.32. The molecule has 1 aromatic carbocycles. The third-order valence-electron chi connectivity index (χ3n) is 2.42. The zero-order valence-corrected chi connectivity index (χ0v) is 11.3. The van der Waals surface area contributed by atoms with Crippen molar-refractivity contribution in [2.45, 2.75) is 25.6 Å². The summed E-state index contributed by atoms with van der Waals surface area (Å²) in [4.78, 5) is 0. The van der Waals surface area contributed by atoms with Gasteiger partial charge in [-0.3, -0.25) is 0 Å².